The quantitative estimate of drug-likeness (QED) is 0.162. The Balaban J connectivity index is 1.51. The molecule has 1 nitrogen and oxygen atoms in total. The van der Waals surface area contributed by atoms with Gasteiger partial charge in [-0.05, 0) is 153 Å². The van der Waals surface area contributed by atoms with Gasteiger partial charge < -0.3 is 0 Å². The predicted molar refractivity (Wildman–Crippen MR) is 289 cm³/mol. The number of benzene rings is 6. The molecule has 7 rings (SSSR count). The van der Waals surface area contributed by atoms with Crippen molar-refractivity contribution in [3.05, 3.63) is 173 Å². The van der Waals surface area contributed by atoms with Crippen molar-refractivity contribution in [2.45, 2.75) is 157 Å². The average molecular weight is 872 g/mol. The highest BCUT2D eigenvalue weighted by atomic mass is 14.7. The molecule has 0 unspecified atom stereocenters. The molecule has 0 spiro atoms. The molecule has 0 amide bonds. The minimum Gasteiger partial charge on any atom is -0.248 e. The molecule has 0 aliphatic rings. The van der Waals surface area contributed by atoms with Crippen LogP contribution >= 0.6 is 0 Å². The summed E-state index contributed by atoms with van der Waals surface area (Å²) in [5, 5.41) is 0. The Morgan fingerprint density at radius 1 is 0.212 bits per heavy atom. The molecule has 1 heterocycles. The Bertz CT molecular complexity index is 2720. The van der Waals surface area contributed by atoms with Gasteiger partial charge in [0.25, 0.3) is 0 Å². The summed E-state index contributed by atoms with van der Waals surface area (Å²) in [6.07, 6.45) is 0. The van der Waals surface area contributed by atoms with Crippen molar-refractivity contribution in [3.63, 3.8) is 0 Å². The molecule has 0 N–H and O–H groups in total. The van der Waals surface area contributed by atoms with Gasteiger partial charge in [-0.3, -0.25) is 0 Å². The van der Waals surface area contributed by atoms with E-state index in [1.165, 1.54) is 72.3 Å². The van der Waals surface area contributed by atoms with Crippen molar-refractivity contribution in [3.8, 4) is 67.0 Å². The molecule has 0 saturated carbocycles. The Morgan fingerprint density at radius 2 is 0.439 bits per heavy atom. The highest BCUT2D eigenvalue weighted by Crippen LogP contribution is 2.41. The van der Waals surface area contributed by atoms with Gasteiger partial charge in [-0.1, -0.05) is 222 Å². The highest BCUT2D eigenvalue weighted by Gasteiger charge is 2.24. The van der Waals surface area contributed by atoms with Gasteiger partial charge in [-0.15, -0.1) is 0 Å². The first-order valence-corrected chi connectivity index (χ1v) is 24.3. The van der Waals surface area contributed by atoms with Crippen LogP contribution in [-0.2, 0) is 32.5 Å². The summed E-state index contributed by atoms with van der Waals surface area (Å²) in [6, 6.07) is 53.5. The molecule has 6 aromatic carbocycles. The minimum absolute atomic E-state index is 0.0194. The Labute approximate surface area is 400 Å². The van der Waals surface area contributed by atoms with Gasteiger partial charge in [0, 0.05) is 11.1 Å². The van der Waals surface area contributed by atoms with Gasteiger partial charge in [0.1, 0.15) is 0 Å². The number of pyridine rings is 1. The van der Waals surface area contributed by atoms with Crippen LogP contribution in [0.25, 0.3) is 67.0 Å². The van der Waals surface area contributed by atoms with Crippen LogP contribution in [0, 0.1) is 0 Å². The van der Waals surface area contributed by atoms with E-state index in [4.69, 9.17) is 4.98 Å². The van der Waals surface area contributed by atoms with E-state index in [0.29, 0.717) is 0 Å². The third-order valence-electron chi connectivity index (χ3n) is 13.3. The summed E-state index contributed by atoms with van der Waals surface area (Å²) >= 11 is 0. The monoisotopic (exact) mass is 872 g/mol. The van der Waals surface area contributed by atoms with E-state index >= 15 is 0 Å². The molecule has 0 fully saturated rings. The van der Waals surface area contributed by atoms with Crippen molar-refractivity contribution in [2.75, 3.05) is 0 Å². The van der Waals surface area contributed by atoms with Gasteiger partial charge in [-0.25, -0.2) is 4.98 Å². The van der Waals surface area contributed by atoms with Crippen molar-refractivity contribution in [2.24, 2.45) is 0 Å². The largest absolute Gasteiger partial charge is 0.248 e. The zero-order valence-electron chi connectivity index (χ0n) is 43.7. The second-order valence-corrected chi connectivity index (χ2v) is 25.3. The predicted octanol–water partition coefficient (Wildman–Crippen LogP) is 18.9. The minimum atomic E-state index is -0.0772. The first-order valence-electron chi connectivity index (χ1n) is 24.3. The number of nitrogens with zero attached hydrogens (tertiary/aromatic N) is 1. The van der Waals surface area contributed by atoms with E-state index in [1.807, 2.05) is 0 Å². The zero-order chi connectivity index (χ0) is 48.4. The van der Waals surface area contributed by atoms with E-state index in [1.54, 1.807) is 0 Å². The van der Waals surface area contributed by atoms with E-state index in [0.717, 1.165) is 28.1 Å². The Kier molecular flexibility index (Phi) is 12.7. The smallest absolute Gasteiger partial charge is 0.0716 e. The molecule has 1 aromatic heterocycles. The summed E-state index contributed by atoms with van der Waals surface area (Å²) in [5.74, 6) is 0. The van der Waals surface area contributed by atoms with Crippen LogP contribution in [0.5, 0.6) is 0 Å². The van der Waals surface area contributed by atoms with Crippen molar-refractivity contribution in [1.82, 2.24) is 4.98 Å². The van der Waals surface area contributed by atoms with Crippen LogP contribution in [0.3, 0.4) is 0 Å². The normalized spacial score (nSPS) is 13.0. The number of hydrogen-bond donors (Lipinski definition) is 0. The van der Waals surface area contributed by atoms with Gasteiger partial charge in [0.2, 0.25) is 0 Å². The third-order valence-corrected chi connectivity index (χ3v) is 13.3. The number of rotatable bonds is 6. The molecule has 0 radical (unpaired) electrons. The lowest BCUT2D eigenvalue weighted by molar-refractivity contribution is 0.569. The standard InChI is InChI=1S/C65H77N/c1-60(2,3)52-26-20-24-44(31-52)46-29-50(37-54(33-46)62(7,8)9)58-39-49(43-23-19-22-42(28-43)48-35-56(64(13,14)15)41-57(36-48)65(16,17)18)40-59(66-58)51-30-47(34-55(38-51)63(10,11)12)45-25-21-27-53(32-45)61(4,5)6/h19-41H,1-18H3. The van der Waals surface area contributed by atoms with Crippen LogP contribution in [0.1, 0.15) is 158 Å². The maximum absolute atomic E-state index is 5.69. The second kappa shape index (κ2) is 17.3. The van der Waals surface area contributed by atoms with Crippen molar-refractivity contribution >= 4 is 0 Å². The Hall–Kier alpha value is -5.53. The summed E-state index contributed by atoms with van der Waals surface area (Å²) < 4.78 is 0. The first-order chi connectivity index (χ1) is 30.4. The fraction of sp³-hybridized carbons (Fsp3) is 0.369. The molecule has 7 aromatic rings. The molecule has 0 aliphatic heterocycles. The second-order valence-electron chi connectivity index (χ2n) is 25.3. The van der Waals surface area contributed by atoms with Crippen molar-refractivity contribution in [1.29, 1.82) is 0 Å². The topological polar surface area (TPSA) is 12.9 Å². The number of aromatic nitrogens is 1. The lowest BCUT2D eigenvalue weighted by Gasteiger charge is -2.26. The molecule has 0 saturated heterocycles. The van der Waals surface area contributed by atoms with Crippen LogP contribution < -0.4 is 0 Å². The molecule has 66 heavy (non-hydrogen) atoms. The lowest BCUT2D eigenvalue weighted by atomic mass is 9.79. The van der Waals surface area contributed by atoms with Gasteiger partial charge in [0.15, 0.2) is 0 Å². The van der Waals surface area contributed by atoms with Crippen LogP contribution in [0.15, 0.2) is 140 Å². The maximum Gasteiger partial charge on any atom is 0.0716 e. The summed E-state index contributed by atoms with van der Waals surface area (Å²) in [6.45, 7) is 41.6. The third kappa shape index (κ3) is 11.0. The van der Waals surface area contributed by atoms with Crippen LogP contribution in [-0.4, -0.2) is 4.98 Å². The van der Waals surface area contributed by atoms with Crippen LogP contribution in [0.4, 0.5) is 0 Å². The van der Waals surface area contributed by atoms with E-state index in [2.05, 4.69) is 264 Å². The SMILES string of the molecule is CC(C)(C)c1cccc(-c2cc(-c3cc(-c4cccc(-c5cc(C(C)(C)C)cc(C(C)(C)C)c5)c4)cc(-c4cc(-c5cccc(C(C)(C)C)c5)cc(C(C)(C)C)c4)n3)cc(C(C)(C)C)c2)c1. The van der Waals surface area contributed by atoms with E-state index in [-0.39, 0.29) is 32.5 Å². The van der Waals surface area contributed by atoms with Gasteiger partial charge in [0.05, 0.1) is 11.4 Å². The van der Waals surface area contributed by atoms with Gasteiger partial charge >= 0.3 is 0 Å². The molecule has 342 valence electrons. The zero-order valence-corrected chi connectivity index (χ0v) is 43.7. The summed E-state index contributed by atoms with van der Waals surface area (Å²) in [7, 11) is 0. The summed E-state index contributed by atoms with van der Waals surface area (Å²) in [4.78, 5) is 5.69. The maximum atomic E-state index is 5.69. The fourth-order valence-corrected chi connectivity index (χ4v) is 8.61. The average Bonchev–Trinajstić information content (AvgIpc) is 3.24. The van der Waals surface area contributed by atoms with E-state index in [9.17, 15) is 0 Å². The fourth-order valence-electron chi connectivity index (χ4n) is 8.61. The Morgan fingerprint density at radius 3 is 0.773 bits per heavy atom. The number of hydrogen-bond acceptors (Lipinski definition) is 1. The molecular formula is C65H77N. The highest BCUT2D eigenvalue weighted by molar-refractivity contribution is 5.83. The van der Waals surface area contributed by atoms with Crippen LogP contribution in [0.2, 0.25) is 0 Å². The lowest BCUT2D eigenvalue weighted by Crippen LogP contribution is -2.16. The summed E-state index contributed by atoms with van der Waals surface area (Å²) in [5.41, 5.74) is 21.8. The molecule has 1 heteroatoms. The van der Waals surface area contributed by atoms with Crippen molar-refractivity contribution < 1.29 is 0 Å². The molecule has 0 bridgehead atoms. The molecule has 0 aliphatic carbocycles. The van der Waals surface area contributed by atoms with Gasteiger partial charge in [-0.2, -0.15) is 0 Å². The molecular weight excluding hydrogens is 795 g/mol. The van der Waals surface area contributed by atoms with E-state index < -0.39 is 0 Å². The molecule has 0 atom stereocenters. The first kappa shape index (κ1) is 48.4.